The van der Waals surface area contributed by atoms with Gasteiger partial charge >= 0.3 is 29.8 Å². The van der Waals surface area contributed by atoms with Crippen LogP contribution in [-0.2, 0) is 71.3 Å². The number of hydrogen-bond donors (Lipinski definition) is 0. The maximum atomic E-state index is 12.2. The average Bonchev–Trinajstić information content (AvgIpc) is 1.68. The van der Waals surface area contributed by atoms with Crippen LogP contribution in [0, 0.1) is 71.0 Å². The van der Waals surface area contributed by atoms with E-state index in [1.807, 2.05) is 56.4 Å². The molecule has 15 nitrogen and oxygen atoms in total. The lowest BCUT2D eigenvalue weighted by atomic mass is 9.84. The summed E-state index contributed by atoms with van der Waals surface area (Å²) in [7, 11) is 0. The zero-order chi connectivity index (χ0) is 68.8. The molecule has 15 heteroatoms. The van der Waals surface area contributed by atoms with Crippen molar-refractivity contribution in [3.05, 3.63) is 85.1 Å². The van der Waals surface area contributed by atoms with E-state index >= 15 is 0 Å². The number of carbonyl (C=O) groups excluding carboxylic acids is 5. The number of allylic oxidation sites excluding steroid dienone is 4. The highest BCUT2D eigenvalue weighted by Crippen LogP contribution is 2.43. The molecule has 0 saturated carbocycles. The lowest BCUT2D eigenvalue weighted by molar-refractivity contribution is -0.151. The molecule has 0 amide bonds. The summed E-state index contributed by atoms with van der Waals surface area (Å²) in [6.07, 6.45) is 60.8. The van der Waals surface area contributed by atoms with Gasteiger partial charge in [0, 0.05) is 29.6 Å². The minimum absolute atomic E-state index is 0.0425. The van der Waals surface area contributed by atoms with Crippen molar-refractivity contribution in [2.75, 3.05) is 33.0 Å². The molecule has 20 unspecified atom stereocenters. The Morgan fingerprint density at radius 2 is 0.458 bits per heavy atom. The van der Waals surface area contributed by atoms with Crippen LogP contribution in [0.15, 0.2) is 85.1 Å². The van der Waals surface area contributed by atoms with Crippen LogP contribution in [-0.4, -0.2) is 124 Å². The van der Waals surface area contributed by atoms with Gasteiger partial charge in [-0.2, -0.15) is 0 Å². The summed E-state index contributed by atoms with van der Waals surface area (Å²) in [5.74, 6) is 2.05. The van der Waals surface area contributed by atoms with Gasteiger partial charge < -0.3 is 47.4 Å². The van der Waals surface area contributed by atoms with Crippen LogP contribution in [0.4, 0.5) is 0 Å². The van der Waals surface area contributed by atoms with E-state index in [1.165, 1.54) is 122 Å². The summed E-state index contributed by atoms with van der Waals surface area (Å²) in [5.41, 5.74) is 0. The fourth-order valence-corrected chi connectivity index (χ4v) is 15.4. The van der Waals surface area contributed by atoms with Gasteiger partial charge in [-0.1, -0.05) is 276 Å². The van der Waals surface area contributed by atoms with Crippen molar-refractivity contribution in [3.63, 3.8) is 0 Å². The number of carbonyl (C=O) groups is 5. The molecule has 10 heterocycles. The second-order valence-corrected chi connectivity index (χ2v) is 29.0. The molecule has 12 aliphatic rings. The number of fused-ring (bicyclic) bond motifs is 12. The summed E-state index contributed by atoms with van der Waals surface area (Å²) >= 11 is 0. The number of rotatable bonds is 34. The lowest BCUT2D eigenvalue weighted by Gasteiger charge is -2.19. The third-order valence-electron chi connectivity index (χ3n) is 21.6. The van der Waals surface area contributed by atoms with E-state index in [-0.39, 0.29) is 150 Å². The fourth-order valence-electron chi connectivity index (χ4n) is 15.4. The van der Waals surface area contributed by atoms with Crippen LogP contribution in [0.5, 0.6) is 0 Å². The van der Waals surface area contributed by atoms with E-state index in [0.29, 0.717) is 33.0 Å². The summed E-state index contributed by atoms with van der Waals surface area (Å²) in [6, 6.07) is 0. The summed E-state index contributed by atoms with van der Waals surface area (Å²) < 4.78 is 54.7. The number of esters is 5. The van der Waals surface area contributed by atoms with Gasteiger partial charge in [-0.25, -0.2) is 0 Å². The summed E-state index contributed by atoms with van der Waals surface area (Å²) in [5, 5.41) is 0. The van der Waals surface area contributed by atoms with Gasteiger partial charge in [0.25, 0.3) is 0 Å². The van der Waals surface area contributed by atoms with Crippen molar-refractivity contribution >= 4 is 29.8 Å². The Kier molecular flexibility index (Phi) is 34.8. The molecule has 540 valence electrons. The van der Waals surface area contributed by atoms with Crippen LogP contribution in [0.3, 0.4) is 0 Å². The first-order valence-corrected chi connectivity index (χ1v) is 38.5. The summed E-state index contributed by atoms with van der Waals surface area (Å²) in [6.45, 7) is 23.6. The SMILES string of the molecule is C1=CC2C=CC1C2.CCCCCCCCCCCCOC(=O)C1C2C=CC(O2)C1C.CCCCCCCCCCOC(=O)C1C2C=CC(O2)C1C.CCCCCCOC(=O)C1C2C=CC(O2)C1C.CCCCOC(=O)C1C2C=CC(O2)C1C.CCOC(=O)C1C2C=CC(O2)C1C. The van der Waals surface area contributed by atoms with Gasteiger partial charge in [-0.3, -0.25) is 24.0 Å². The van der Waals surface area contributed by atoms with Crippen molar-refractivity contribution < 1.29 is 71.3 Å². The summed E-state index contributed by atoms with van der Waals surface area (Å²) in [4.78, 5) is 59.5. The smallest absolute Gasteiger partial charge is 0.312 e. The predicted octanol–water partition coefficient (Wildman–Crippen LogP) is 16.8. The Hall–Kier alpha value is -4.67. The van der Waals surface area contributed by atoms with Crippen LogP contribution in [0.1, 0.15) is 230 Å². The monoisotopic (exact) mass is 1340 g/mol. The van der Waals surface area contributed by atoms with Crippen LogP contribution >= 0.6 is 0 Å². The van der Waals surface area contributed by atoms with Crippen LogP contribution in [0.25, 0.3) is 0 Å². The quantitative estimate of drug-likeness (QED) is 0.0257. The van der Waals surface area contributed by atoms with Gasteiger partial charge in [0.15, 0.2) is 0 Å². The van der Waals surface area contributed by atoms with Crippen LogP contribution in [0.2, 0.25) is 0 Å². The standard InChI is InChI=1S/C20H34O3.C18H30O3.C14H22O3.C12H18O3.C10H14O3.C7H8/c1-3-4-5-6-7-8-9-10-11-12-15-22-20(21)19-16(2)17-13-14-18(19)23-17;1-3-4-5-6-7-8-9-10-13-20-18(19)17-14(2)15-11-12-16(17)21-15;1-3-4-5-6-9-16-14(15)13-10(2)11-7-8-12(13)17-11;1-3-4-7-14-12(13)11-8(2)9-5-6-10(11)15-9;1-3-12-10(11)9-6(2)7-4-5-8(9)13-7;1-2-7-4-3-6(1)5-7/h13-14,16-19H,3-12,15H2,1-2H3;11-12,14-17H,3-10,13H2,1-2H3;7-8,10-13H,3-6,9H2,1-2H3;5-6,8-11H,3-4,7H2,1-2H3;4-9H,3H2,1-2H3;1-4,6-7H,5H2. The van der Waals surface area contributed by atoms with Gasteiger partial charge in [0.05, 0.1) is 124 Å². The second-order valence-electron chi connectivity index (χ2n) is 29.0. The highest BCUT2D eigenvalue weighted by Gasteiger charge is 2.52. The van der Waals surface area contributed by atoms with Gasteiger partial charge in [0.2, 0.25) is 0 Å². The lowest BCUT2D eigenvalue weighted by Crippen LogP contribution is -2.31. The molecule has 10 aliphatic heterocycles. The van der Waals surface area contributed by atoms with Crippen molar-refractivity contribution in [2.24, 2.45) is 71.0 Å². The minimum Gasteiger partial charge on any atom is -0.466 e. The molecular formula is C81H126O15. The number of ether oxygens (including phenoxy) is 10. The van der Waals surface area contributed by atoms with E-state index in [2.05, 4.69) is 97.9 Å². The maximum Gasteiger partial charge on any atom is 0.312 e. The molecule has 5 fully saturated rings. The van der Waals surface area contributed by atoms with E-state index < -0.39 is 0 Å². The first kappa shape index (κ1) is 78.7. The Bertz CT molecular complexity index is 2520. The minimum atomic E-state index is -0.119. The third kappa shape index (κ3) is 23.2. The molecule has 5 saturated heterocycles. The highest BCUT2D eigenvalue weighted by molar-refractivity contribution is 5.77. The normalized spacial score (nSPS) is 34.0. The molecular weight excluding hydrogens is 1210 g/mol. The Labute approximate surface area is 578 Å². The molecule has 12 bridgehead atoms. The number of hydrogen-bond acceptors (Lipinski definition) is 15. The van der Waals surface area contributed by atoms with E-state index in [9.17, 15) is 24.0 Å². The molecule has 96 heavy (non-hydrogen) atoms. The molecule has 0 N–H and O–H groups in total. The molecule has 2 aliphatic carbocycles. The first-order chi connectivity index (χ1) is 46.6. The van der Waals surface area contributed by atoms with E-state index in [1.54, 1.807) is 0 Å². The Morgan fingerprint density at radius 1 is 0.260 bits per heavy atom. The highest BCUT2D eigenvalue weighted by atomic mass is 16.6. The van der Waals surface area contributed by atoms with Crippen molar-refractivity contribution in [3.8, 4) is 0 Å². The van der Waals surface area contributed by atoms with E-state index in [0.717, 1.165) is 50.4 Å². The molecule has 0 aromatic heterocycles. The molecule has 0 spiro atoms. The molecule has 0 aromatic carbocycles. The molecule has 0 aromatic rings. The van der Waals surface area contributed by atoms with Crippen molar-refractivity contribution in [2.45, 2.75) is 291 Å². The molecule has 0 radical (unpaired) electrons. The third-order valence-corrected chi connectivity index (χ3v) is 21.6. The molecule has 12 rings (SSSR count). The topological polar surface area (TPSA) is 178 Å². The largest absolute Gasteiger partial charge is 0.466 e. The Morgan fingerprint density at radius 3 is 0.656 bits per heavy atom. The first-order valence-electron chi connectivity index (χ1n) is 38.5. The number of unbranched alkanes of at least 4 members (excludes halogenated alkanes) is 20. The van der Waals surface area contributed by atoms with E-state index in [4.69, 9.17) is 47.4 Å². The molecule has 20 atom stereocenters. The maximum absolute atomic E-state index is 12.2. The van der Waals surface area contributed by atoms with Crippen LogP contribution < -0.4 is 0 Å². The van der Waals surface area contributed by atoms with Crippen molar-refractivity contribution in [1.29, 1.82) is 0 Å². The predicted molar refractivity (Wildman–Crippen MR) is 376 cm³/mol. The zero-order valence-corrected chi connectivity index (χ0v) is 60.6. The average molecular weight is 1340 g/mol. The van der Waals surface area contributed by atoms with Gasteiger partial charge in [-0.05, 0) is 50.9 Å². The van der Waals surface area contributed by atoms with Gasteiger partial charge in [-0.15, -0.1) is 0 Å². The fraction of sp³-hybridized carbons (Fsp3) is 0.765. The second kappa shape index (κ2) is 42.4. The Balaban J connectivity index is 0.000000167. The zero-order valence-electron chi connectivity index (χ0n) is 60.6. The van der Waals surface area contributed by atoms with Gasteiger partial charge in [0.1, 0.15) is 0 Å². The van der Waals surface area contributed by atoms with Crippen molar-refractivity contribution in [1.82, 2.24) is 0 Å².